The maximum absolute atomic E-state index is 2.82. The fraction of sp³-hybridized carbons (Fsp3) is 0.355. The van der Waals surface area contributed by atoms with E-state index in [4.69, 9.17) is 0 Å². The second-order valence-corrected chi connectivity index (χ2v) is 41.5. The third-order valence-corrected chi connectivity index (χ3v) is 37.1. The summed E-state index contributed by atoms with van der Waals surface area (Å²) in [6.07, 6.45) is 16.5. The molecular weight excluding hydrogens is 864 g/mol. The number of allylic oxidation sites excluding steroid dienone is 2. The summed E-state index contributed by atoms with van der Waals surface area (Å²) in [4.78, 5) is 0. The van der Waals surface area contributed by atoms with Gasteiger partial charge in [-0.15, -0.1) is 0 Å². The number of hydrogen-bond donors (Lipinski definition) is 0. The second kappa shape index (κ2) is 17.6. The molecule has 0 bridgehead atoms. The van der Waals surface area contributed by atoms with Crippen molar-refractivity contribution in [1.29, 1.82) is 0 Å². The normalized spacial score (nSPS) is 18.1. The van der Waals surface area contributed by atoms with Gasteiger partial charge in [-0.3, -0.25) is 0 Å². The maximum atomic E-state index is 2.82. The van der Waals surface area contributed by atoms with Crippen LogP contribution in [-0.4, -0.2) is 5.92 Å². The van der Waals surface area contributed by atoms with Crippen molar-refractivity contribution in [3.8, 4) is 44.5 Å². The molecule has 2 atom stereocenters. The van der Waals surface area contributed by atoms with Gasteiger partial charge in [-0.1, -0.05) is 0 Å². The van der Waals surface area contributed by atoms with Gasteiger partial charge in [0.2, 0.25) is 0 Å². The molecule has 0 amide bonds. The molecular formula is C62H69SiZr. The predicted octanol–water partition coefficient (Wildman–Crippen LogP) is 17.4. The number of hydrogen-bond acceptors (Lipinski definition) is 0. The minimum atomic E-state index is -2.64. The van der Waals surface area contributed by atoms with Crippen molar-refractivity contribution in [3.63, 3.8) is 0 Å². The molecule has 0 spiro atoms. The van der Waals surface area contributed by atoms with Crippen molar-refractivity contribution >= 4 is 18.1 Å². The van der Waals surface area contributed by atoms with Crippen molar-refractivity contribution < 1.29 is 20.9 Å². The van der Waals surface area contributed by atoms with Gasteiger partial charge in [0.15, 0.2) is 0 Å². The van der Waals surface area contributed by atoms with Crippen LogP contribution < -0.4 is 0 Å². The Morgan fingerprint density at radius 1 is 0.406 bits per heavy atom. The Bertz CT molecular complexity index is 2600. The van der Waals surface area contributed by atoms with Crippen molar-refractivity contribution in [2.75, 3.05) is 0 Å². The fourth-order valence-corrected chi connectivity index (χ4v) is 35.4. The zero-order chi connectivity index (χ0) is 44.6. The summed E-state index contributed by atoms with van der Waals surface area (Å²) >= 11 is -2.64. The first-order chi connectivity index (χ1) is 30.8. The van der Waals surface area contributed by atoms with Crippen LogP contribution in [0.15, 0.2) is 108 Å². The summed E-state index contributed by atoms with van der Waals surface area (Å²) in [5.74, 6) is 0.413. The number of rotatable bonds is 11. The van der Waals surface area contributed by atoms with E-state index in [1.165, 1.54) is 140 Å². The standard InChI is InChI=1S/2C30H31.C2H7Si.Zr/c2*1-19-10-20(2)13-25(12-19)27-8-9-28(26-14-21(3)11-22(4)15-26)30-18-24(17-29(27)30)16-23-6-5-7-23;1-3-2;/h2*8-15,17-18,23H,5-7,16H2,1-4H3;3H,1-2H3;. The SMILES string of the molecule is Cc1cc(C)cc(-c2ccc(-c3cc(C)cc(C)c3)c3c2C=C(CC2CCC2)[CH]3[Zr]([CH]2C(CC3CCC3)=Cc3c(-c4cc(C)cc(C)c4)ccc(-c4cc(C)cc(C)c4)c32)[SiH](C)C)c1. The molecule has 64 heavy (non-hydrogen) atoms. The monoisotopic (exact) mass is 931 g/mol. The molecule has 2 heteroatoms. The summed E-state index contributed by atoms with van der Waals surface area (Å²) in [7, 11) is 0. The molecule has 325 valence electrons. The summed E-state index contributed by atoms with van der Waals surface area (Å²) in [5, 5.41) is 0. The molecule has 0 N–H and O–H groups in total. The number of benzene rings is 6. The van der Waals surface area contributed by atoms with Crippen LogP contribution in [0.4, 0.5) is 0 Å². The minimum absolute atomic E-state index is 0.559. The van der Waals surface area contributed by atoms with E-state index < -0.39 is 26.8 Å². The summed E-state index contributed by atoms with van der Waals surface area (Å²) in [6, 6.07) is 39.4. The van der Waals surface area contributed by atoms with E-state index in [2.05, 4.69) is 178 Å². The Balaban J connectivity index is 1.27. The summed E-state index contributed by atoms with van der Waals surface area (Å²) in [6.45, 7) is 23.9. The van der Waals surface area contributed by atoms with E-state index in [0.29, 0.717) is 7.25 Å². The van der Waals surface area contributed by atoms with E-state index in [9.17, 15) is 0 Å². The van der Waals surface area contributed by atoms with Crippen LogP contribution in [0.1, 0.15) is 125 Å². The van der Waals surface area contributed by atoms with E-state index in [-0.39, 0.29) is 0 Å². The van der Waals surface area contributed by atoms with Crippen LogP contribution in [0.25, 0.3) is 56.7 Å². The van der Waals surface area contributed by atoms with Crippen LogP contribution in [0, 0.1) is 67.2 Å². The molecule has 10 rings (SSSR count). The van der Waals surface area contributed by atoms with E-state index in [1.54, 1.807) is 22.3 Å². The first kappa shape index (κ1) is 43.8. The Morgan fingerprint density at radius 3 is 0.953 bits per heavy atom. The van der Waals surface area contributed by atoms with Crippen LogP contribution in [0.5, 0.6) is 0 Å². The van der Waals surface area contributed by atoms with Crippen LogP contribution in [0.2, 0.25) is 13.1 Å². The van der Waals surface area contributed by atoms with Crippen LogP contribution in [-0.2, 0) is 20.9 Å². The first-order valence-electron chi connectivity index (χ1n) is 24.7. The predicted molar refractivity (Wildman–Crippen MR) is 277 cm³/mol. The zero-order valence-electron chi connectivity index (χ0n) is 40.4. The van der Waals surface area contributed by atoms with Gasteiger partial charge < -0.3 is 0 Å². The molecule has 4 aliphatic rings. The molecule has 6 aromatic rings. The molecule has 0 nitrogen and oxygen atoms in total. The second-order valence-electron chi connectivity index (χ2n) is 21.4. The van der Waals surface area contributed by atoms with E-state index >= 15 is 0 Å². The Kier molecular flexibility index (Phi) is 12.0. The molecule has 6 aromatic carbocycles. The quantitative estimate of drug-likeness (QED) is 0.114. The molecule has 0 radical (unpaired) electrons. The molecule has 0 aliphatic heterocycles. The molecule has 2 saturated carbocycles. The fourth-order valence-electron chi connectivity index (χ4n) is 12.7. The van der Waals surface area contributed by atoms with Gasteiger partial charge in [-0.25, -0.2) is 0 Å². The number of aryl methyl sites for hydroxylation is 8. The zero-order valence-corrected chi connectivity index (χ0v) is 44.0. The van der Waals surface area contributed by atoms with Crippen molar-refractivity contribution in [1.82, 2.24) is 0 Å². The molecule has 0 saturated heterocycles. The molecule has 2 unspecified atom stereocenters. The van der Waals surface area contributed by atoms with Gasteiger partial charge >= 0.3 is 397 Å². The van der Waals surface area contributed by atoms with Crippen molar-refractivity contribution in [2.24, 2.45) is 11.8 Å². The average Bonchev–Trinajstić information content (AvgIpc) is 3.74. The summed E-state index contributed by atoms with van der Waals surface area (Å²) in [5.41, 5.74) is 32.5. The number of fused-ring (bicyclic) bond motifs is 2. The van der Waals surface area contributed by atoms with E-state index in [1.807, 2.05) is 11.1 Å². The van der Waals surface area contributed by atoms with Gasteiger partial charge in [-0.05, 0) is 0 Å². The third-order valence-electron chi connectivity index (χ3n) is 15.5. The van der Waals surface area contributed by atoms with Crippen LogP contribution in [0.3, 0.4) is 0 Å². The van der Waals surface area contributed by atoms with Crippen molar-refractivity contribution in [2.45, 2.75) is 127 Å². The van der Waals surface area contributed by atoms with Gasteiger partial charge in [0.25, 0.3) is 0 Å². The van der Waals surface area contributed by atoms with Gasteiger partial charge in [0.1, 0.15) is 0 Å². The molecule has 2 fully saturated rings. The third kappa shape index (κ3) is 8.34. The Hall–Kier alpha value is -4.10. The molecule has 4 aliphatic carbocycles. The van der Waals surface area contributed by atoms with Crippen molar-refractivity contribution in [3.05, 3.63) is 175 Å². The van der Waals surface area contributed by atoms with Gasteiger partial charge in [0, 0.05) is 0 Å². The average molecular weight is 934 g/mol. The van der Waals surface area contributed by atoms with Crippen LogP contribution >= 0.6 is 0 Å². The Morgan fingerprint density at radius 2 is 0.688 bits per heavy atom. The van der Waals surface area contributed by atoms with Gasteiger partial charge in [0.05, 0.1) is 0 Å². The van der Waals surface area contributed by atoms with E-state index in [0.717, 1.165) is 11.8 Å². The summed E-state index contributed by atoms with van der Waals surface area (Å²) < 4.78 is 1.12. The topological polar surface area (TPSA) is 0 Å². The molecule has 0 heterocycles. The first-order valence-corrected chi connectivity index (χ1v) is 34.7. The van der Waals surface area contributed by atoms with Gasteiger partial charge in [-0.2, -0.15) is 0 Å². The molecule has 0 aromatic heterocycles. The Labute approximate surface area is 394 Å².